The Kier molecular flexibility index (Phi) is 4.92. The standard InChI is InChI=1S/C21H22N4O2S/c1-3-13(2)23-21-22-10-18(28-21)15-9-16(14-7-5-4-6-8-14)19-24-17(20(26)27)12-25(19)11-15/h4-10,12-13,24H,3,11H2,1-2H3,(H,22,23)(H,26,27). The number of carboxylic acid groups (broad SMARTS) is 1. The van der Waals surface area contributed by atoms with E-state index in [1.54, 1.807) is 17.5 Å². The molecule has 2 aliphatic heterocycles. The molecule has 1 atom stereocenters. The molecule has 0 spiro atoms. The van der Waals surface area contributed by atoms with Gasteiger partial charge in [0.05, 0.1) is 11.4 Å². The number of aromatic nitrogens is 1. The lowest BCUT2D eigenvalue weighted by atomic mass is 9.99. The van der Waals surface area contributed by atoms with Gasteiger partial charge in [0.25, 0.3) is 0 Å². The highest BCUT2D eigenvalue weighted by Crippen LogP contribution is 2.37. The number of nitrogens with one attached hydrogen (secondary N) is 2. The summed E-state index contributed by atoms with van der Waals surface area (Å²) in [7, 11) is 0. The van der Waals surface area contributed by atoms with E-state index >= 15 is 0 Å². The number of rotatable bonds is 6. The third-order valence-electron chi connectivity index (χ3n) is 4.86. The van der Waals surface area contributed by atoms with Gasteiger partial charge in [-0.2, -0.15) is 0 Å². The van der Waals surface area contributed by atoms with Crippen LogP contribution in [0.25, 0.3) is 11.1 Å². The van der Waals surface area contributed by atoms with Crippen LogP contribution in [0.2, 0.25) is 0 Å². The molecule has 3 N–H and O–H groups in total. The molecule has 7 heteroatoms. The number of thiazole rings is 1. The highest BCUT2D eigenvalue weighted by Gasteiger charge is 2.29. The molecule has 2 aliphatic rings. The first-order valence-electron chi connectivity index (χ1n) is 9.27. The minimum Gasteiger partial charge on any atom is -0.477 e. The number of anilines is 1. The maximum atomic E-state index is 11.5. The Hall–Kier alpha value is -3.06. The molecule has 0 saturated carbocycles. The van der Waals surface area contributed by atoms with E-state index in [4.69, 9.17) is 0 Å². The first-order valence-corrected chi connectivity index (χ1v) is 10.1. The first kappa shape index (κ1) is 18.3. The molecule has 0 saturated heterocycles. The van der Waals surface area contributed by atoms with E-state index in [-0.39, 0.29) is 5.70 Å². The van der Waals surface area contributed by atoms with Gasteiger partial charge in [0.2, 0.25) is 0 Å². The monoisotopic (exact) mass is 394 g/mol. The van der Waals surface area contributed by atoms with Crippen molar-refractivity contribution in [3.8, 4) is 0 Å². The van der Waals surface area contributed by atoms with Gasteiger partial charge < -0.3 is 20.6 Å². The SMILES string of the molecule is CCC(C)Nc1ncc(C2=CC(c3ccccc3)=C3NC(C(=O)O)=CN3C2)s1. The fourth-order valence-electron chi connectivity index (χ4n) is 3.17. The molecule has 0 fully saturated rings. The topological polar surface area (TPSA) is 77.5 Å². The number of allylic oxidation sites excluding steroid dienone is 2. The summed E-state index contributed by atoms with van der Waals surface area (Å²) in [5, 5.41) is 16.8. The molecule has 6 nitrogen and oxygen atoms in total. The number of aliphatic carboxylic acids is 1. The molecular formula is C21H22N4O2S. The first-order chi connectivity index (χ1) is 13.5. The van der Waals surface area contributed by atoms with E-state index in [1.807, 2.05) is 41.4 Å². The average Bonchev–Trinajstić information content (AvgIpc) is 3.34. The fourth-order valence-corrected chi connectivity index (χ4v) is 4.10. The molecule has 3 heterocycles. The Bertz CT molecular complexity index is 991. The molecule has 1 aromatic heterocycles. The third-order valence-corrected chi connectivity index (χ3v) is 5.86. The third kappa shape index (κ3) is 3.53. The van der Waals surface area contributed by atoms with Gasteiger partial charge >= 0.3 is 5.97 Å². The second-order valence-electron chi connectivity index (χ2n) is 6.88. The summed E-state index contributed by atoms with van der Waals surface area (Å²) in [6.07, 6.45) is 6.71. The van der Waals surface area contributed by atoms with Crippen molar-refractivity contribution in [2.45, 2.75) is 26.3 Å². The molecule has 1 unspecified atom stereocenters. The molecule has 28 heavy (non-hydrogen) atoms. The Morgan fingerprint density at radius 3 is 2.89 bits per heavy atom. The van der Waals surface area contributed by atoms with Crippen LogP contribution in [-0.2, 0) is 4.79 Å². The van der Waals surface area contributed by atoms with Crippen LogP contribution >= 0.6 is 11.3 Å². The van der Waals surface area contributed by atoms with Gasteiger partial charge in [-0.1, -0.05) is 48.6 Å². The number of benzene rings is 1. The number of hydrogen-bond acceptors (Lipinski definition) is 6. The molecule has 0 radical (unpaired) electrons. The number of carboxylic acids is 1. The van der Waals surface area contributed by atoms with Crippen molar-refractivity contribution in [1.82, 2.24) is 15.2 Å². The predicted octanol–water partition coefficient (Wildman–Crippen LogP) is 3.95. The predicted molar refractivity (Wildman–Crippen MR) is 112 cm³/mol. The maximum absolute atomic E-state index is 11.5. The number of fused-ring (bicyclic) bond motifs is 1. The zero-order valence-electron chi connectivity index (χ0n) is 15.8. The summed E-state index contributed by atoms with van der Waals surface area (Å²) in [5.74, 6) is -0.163. The minimum absolute atomic E-state index is 0.182. The largest absolute Gasteiger partial charge is 0.477 e. The average molecular weight is 395 g/mol. The summed E-state index contributed by atoms with van der Waals surface area (Å²) < 4.78 is 0. The molecule has 0 aliphatic carbocycles. The zero-order valence-corrected chi connectivity index (χ0v) is 16.6. The van der Waals surface area contributed by atoms with Crippen LogP contribution in [0, 0.1) is 0 Å². The Balaban J connectivity index is 1.71. The van der Waals surface area contributed by atoms with Crippen molar-refractivity contribution >= 4 is 33.6 Å². The van der Waals surface area contributed by atoms with Crippen LogP contribution in [0.4, 0.5) is 5.13 Å². The normalized spacial score (nSPS) is 16.9. The van der Waals surface area contributed by atoms with Crippen molar-refractivity contribution in [3.05, 3.63) is 70.8 Å². The van der Waals surface area contributed by atoms with Gasteiger partial charge in [0.15, 0.2) is 5.13 Å². The van der Waals surface area contributed by atoms with Gasteiger partial charge in [-0.3, -0.25) is 0 Å². The summed E-state index contributed by atoms with van der Waals surface area (Å²) in [6.45, 7) is 4.87. The van der Waals surface area contributed by atoms with Gasteiger partial charge in [-0.05, 0) is 30.6 Å². The summed E-state index contributed by atoms with van der Waals surface area (Å²) in [6, 6.07) is 10.4. The van der Waals surface area contributed by atoms with Gasteiger partial charge in [-0.15, -0.1) is 0 Å². The van der Waals surface area contributed by atoms with Crippen LogP contribution in [0.3, 0.4) is 0 Å². The number of hydrogen-bond donors (Lipinski definition) is 3. The van der Waals surface area contributed by atoms with E-state index < -0.39 is 5.97 Å². The number of nitrogens with zero attached hydrogens (tertiary/aromatic N) is 2. The molecule has 144 valence electrons. The fraction of sp³-hybridized carbons (Fsp3) is 0.238. The second kappa shape index (κ2) is 7.52. The van der Waals surface area contributed by atoms with Crippen molar-refractivity contribution < 1.29 is 9.90 Å². The van der Waals surface area contributed by atoms with E-state index in [1.165, 1.54) is 0 Å². The van der Waals surface area contributed by atoms with Gasteiger partial charge in [-0.25, -0.2) is 9.78 Å². The van der Waals surface area contributed by atoms with Crippen LogP contribution in [0.15, 0.2) is 60.3 Å². The van der Waals surface area contributed by atoms with Crippen molar-refractivity contribution in [1.29, 1.82) is 0 Å². The van der Waals surface area contributed by atoms with Gasteiger partial charge in [0.1, 0.15) is 11.5 Å². The lowest BCUT2D eigenvalue weighted by Crippen LogP contribution is -2.26. The van der Waals surface area contributed by atoms with Crippen LogP contribution in [0.5, 0.6) is 0 Å². The summed E-state index contributed by atoms with van der Waals surface area (Å²) in [4.78, 5) is 19.0. The maximum Gasteiger partial charge on any atom is 0.353 e. The second-order valence-corrected chi connectivity index (χ2v) is 7.91. The number of carbonyl (C=O) groups is 1. The molecule has 0 amide bonds. The van der Waals surface area contributed by atoms with Crippen molar-refractivity contribution in [2.75, 3.05) is 11.9 Å². The van der Waals surface area contributed by atoms with Crippen molar-refractivity contribution in [3.63, 3.8) is 0 Å². The summed E-state index contributed by atoms with van der Waals surface area (Å²) >= 11 is 1.62. The Morgan fingerprint density at radius 2 is 2.18 bits per heavy atom. The van der Waals surface area contributed by atoms with E-state index in [0.717, 1.165) is 39.0 Å². The molecule has 2 aromatic rings. The van der Waals surface area contributed by atoms with E-state index in [2.05, 4.69) is 35.5 Å². The minimum atomic E-state index is -0.964. The Labute approximate surface area is 167 Å². The zero-order chi connectivity index (χ0) is 19.7. The molecule has 4 rings (SSSR count). The quantitative estimate of drug-likeness (QED) is 0.689. The smallest absolute Gasteiger partial charge is 0.353 e. The van der Waals surface area contributed by atoms with Crippen molar-refractivity contribution in [2.24, 2.45) is 0 Å². The highest BCUT2D eigenvalue weighted by molar-refractivity contribution is 7.16. The van der Waals surface area contributed by atoms with Gasteiger partial charge in [0, 0.05) is 24.0 Å². The van der Waals surface area contributed by atoms with Crippen LogP contribution in [-0.4, -0.2) is 33.5 Å². The lowest BCUT2D eigenvalue weighted by Gasteiger charge is -2.26. The van der Waals surface area contributed by atoms with E-state index in [0.29, 0.717) is 12.6 Å². The van der Waals surface area contributed by atoms with E-state index in [9.17, 15) is 9.90 Å². The lowest BCUT2D eigenvalue weighted by molar-refractivity contribution is -0.132. The van der Waals surface area contributed by atoms with Crippen LogP contribution < -0.4 is 10.6 Å². The highest BCUT2D eigenvalue weighted by atomic mass is 32.1. The van der Waals surface area contributed by atoms with Crippen LogP contribution in [0.1, 0.15) is 30.7 Å². The summed E-state index contributed by atoms with van der Waals surface area (Å²) in [5.41, 5.74) is 3.30. The molecule has 0 bridgehead atoms. The molecule has 1 aromatic carbocycles. The molecular weight excluding hydrogens is 372 g/mol. The Morgan fingerprint density at radius 1 is 1.39 bits per heavy atom.